The number of carbonyl (C=O) groups is 1. The molecular formula is C20H23N3OS. The van der Waals surface area contributed by atoms with Crippen LogP contribution in [0.2, 0.25) is 0 Å². The fourth-order valence-electron chi connectivity index (χ4n) is 3.50. The van der Waals surface area contributed by atoms with Crippen LogP contribution in [0.3, 0.4) is 0 Å². The lowest BCUT2D eigenvalue weighted by Gasteiger charge is -2.39. The number of fused-ring (bicyclic) bond motifs is 1. The van der Waals surface area contributed by atoms with E-state index in [0.717, 1.165) is 39.7 Å². The van der Waals surface area contributed by atoms with Gasteiger partial charge in [0.05, 0.1) is 32.9 Å². The second-order valence-electron chi connectivity index (χ2n) is 7.30. The molecule has 1 aromatic carbocycles. The fourth-order valence-corrected chi connectivity index (χ4v) is 4.47. The van der Waals surface area contributed by atoms with E-state index in [1.807, 2.05) is 30.3 Å². The second-order valence-corrected chi connectivity index (χ2v) is 8.39. The predicted octanol–water partition coefficient (Wildman–Crippen LogP) is 4.38. The number of nitrogens with one attached hydrogen (secondary N) is 1. The Morgan fingerprint density at radius 2 is 2.04 bits per heavy atom. The van der Waals surface area contributed by atoms with Crippen LogP contribution in [0.25, 0.3) is 0 Å². The summed E-state index contributed by atoms with van der Waals surface area (Å²) < 4.78 is 0. The van der Waals surface area contributed by atoms with Crippen molar-refractivity contribution in [3.05, 3.63) is 46.2 Å². The van der Waals surface area contributed by atoms with Crippen molar-refractivity contribution in [2.75, 3.05) is 11.9 Å². The molecule has 1 saturated carbocycles. The van der Waals surface area contributed by atoms with Crippen molar-refractivity contribution in [2.45, 2.75) is 44.7 Å². The normalized spacial score (nSPS) is 21.2. The number of para-hydroxylation sites is 2. The Morgan fingerprint density at radius 1 is 1.28 bits per heavy atom. The van der Waals surface area contributed by atoms with Crippen molar-refractivity contribution < 1.29 is 4.79 Å². The second kappa shape index (κ2) is 5.99. The van der Waals surface area contributed by atoms with Gasteiger partial charge in [-0.1, -0.05) is 12.1 Å². The highest BCUT2D eigenvalue weighted by atomic mass is 32.1. The van der Waals surface area contributed by atoms with Crippen molar-refractivity contribution in [3.63, 3.8) is 0 Å². The highest BCUT2D eigenvalue weighted by molar-refractivity contribution is 7.16. The molecule has 4 nitrogen and oxygen atoms in total. The summed E-state index contributed by atoms with van der Waals surface area (Å²) >= 11 is 1.53. The maximum absolute atomic E-state index is 12.5. The average molecular weight is 353 g/mol. The predicted molar refractivity (Wildman–Crippen MR) is 105 cm³/mol. The van der Waals surface area contributed by atoms with Crippen molar-refractivity contribution in [2.24, 2.45) is 4.99 Å². The minimum atomic E-state index is -0.0178. The molecule has 0 bridgehead atoms. The van der Waals surface area contributed by atoms with Gasteiger partial charge in [-0.05, 0) is 57.4 Å². The Bertz CT molecular complexity index is 850. The lowest BCUT2D eigenvalue weighted by Crippen LogP contribution is -2.50. The summed E-state index contributed by atoms with van der Waals surface area (Å²) in [5.41, 5.74) is 3.14. The highest BCUT2D eigenvalue weighted by Crippen LogP contribution is 2.36. The first-order valence-electron chi connectivity index (χ1n) is 8.80. The number of thiophene rings is 1. The van der Waals surface area contributed by atoms with Crippen molar-refractivity contribution in [1.29, 1.82) is 0 Å². The number of rotatable bonds is 3. The number of benzene rings is 1. The van der Waals surface area contributed by atoms with E-state index in [1.54, 1.807) is 0 Å². The van der Waals surface area contributed by atoms with E-state index in [1.165, 1.54) is 17.8 Å². The molecule has 0 spiro atoms. The Kier molecular flexibility index (Phi) is 3.91. The van der Waals surface area contributed by atoms with Crippen molar-refractivity contribution >= 4 is 34.3 Å². The van der Waals surface area contributed by atoms with Crippen LogP contribution in [-0.4, -0.2) is 30.2 Å². The van der Waals surface area contributed by atoms with Crippen LogP contribution in [0.4, 0.5) is 11.4 Å². The summed E-state index contributed by atoms with van der Waals surface area (Å²) in [6.07, 6.45) is 3.34. The molecule has 0 saturated heterocycles. The molecule has 130 valence electrons. The van der Waals surface area contributed by atoms with Gasteiger partial charge in [0.2, 0.25) is 0 Å². The SMILES string of the molecule is CC1C(c2ccc(C(=O)NC3(C)CCC3)s2)=Nc2ccccc2N1C. The van der Waals surface area contributed by atoms with E-state index in [4.69, 9.17) is 4.99 Å². The van der Waals surface area contributed by atoms with Gasteiger partial charge >= 0.3 is 0 Å². The molecule has 1 aliphatic carbocycles. The summed E-state index contributed by atoms with van der Waals surface area (Å²) in [5.74, 6) is 0.0382. The summed E-state index contributed by atoms with van der Waals surface area (Å²) in [6.45, 7) is 4.28. The molecule has 2 heterocycles. The lowest BCUT2D eigenvalue weighted by molar-refractivity contribution is 0.0854. The number of amides is 1. The minimum Gasteiger partial charge on any atom is -0.364 e. The van der Waals surface area contributed by atoms with E-state index in [-0.39, 0.29) is 17.5 Å². The third-order valence-corrected chi connectivity index (χ3v) is 6.54. The number of aliphatic imine (C=N–C) groups is 1. The molecule has 1 unspecified atom stereocenters. The molecule has 1 atom stereocenters. The summed E-state index contributed by atoms with van der Waals surface area (Å²) in [6, 6.07) is 12.3. The quantitative estimate of drug-likeness (QED) is 0.890. The van der Waals surface area contributed by atoms with Gasteiger partial charge in [-0.2, -0.15) is 0 Å². The van der Waals surface area contributed by atoms with Gasteiger partial charge in [-0.15, -0.1) is 11.3 Å². The third-order valence-electron chi connectivity index (χ3n) is 5.43. The molecule has 2 aromatic rings. The van der Waals surface area contributed by atoms with Gasteiger partial charge in [0.25, 0.3) is 5.91 Å². The number of hydrogen-bond acceptors (Lipinski definition) is 4. The van der Waals surface area contributed by atoms with Crippen LogP contribution in [-0.2, 0) is 0 Å². The molecular weight excluding hydrogens is 330 g/mol. The Hall–Kier alpha value is -2.14. The zero-order chi connectivity index (χ0) is 17.6. The van der Waals surface area contributed by atoms with Crippen LogP contribution in [0, 0.1) is 0 Å². The van der Waals surface area contributed by atoms with Gasteiger partial charge in [-0.25, -0.2) is 4.99 Å². The number of hydrogen-bond donors (Lipinski definition) is 1. The maximum atomic E-state index is 12.5. The molecule has 2 aliphatic rings. The van der Waals surface area contributed by atoms with Crippen LogP contribution in [0.15, 0.2) is 41.4 Å². The molecule has 5 heteroatoms. The van der Waals surface area contributed by atoms with Crippen LogP contribution >= 0.6 is 11.3 Å². The number of carbonyl (C=O) groups excluding carboxylic acids is 1. The van der Waals surface area contributed by atoms with E-state index >= 15 is 0 Å². The molecule has 1 aliphatic heterocycles. The van der Waals surface area contributed by atoms with Crippen molar-refractivity contribution in [3.8, 4) is 0 Å². The molecule has 1 fully saturated rings. The smallest absolute Gasteiger partial charge is 0.261 e. The van der Waals surface area contributed by atoms with Crippen LogP contribution in [0.1, 0.15) is 47.7 Å². The number of anilines is 1. The van der Waals surface area contributed by atoms with Gasteiger partial charge in [0.15, 0.2) is 0 Å². The average Bonchev–Trinajstić information content (AvgIpc) is 3.06. The molecule has 25 heavy (non-hydrogen) atoms. The zero-order valence-corrected chi connectivity index (χ0v) is 15.7. The standard InChI is InChI=1S/C20H23N3OS/c1-13-18(21-14-7-4-5-8-15(14)23(13)3)16-9-10-17(25-16)19(24)22-20(2)11-6-12-20/h4-5,7-10,13H,6,11-12H2,1-3H3,(H,22,24). The Labute approximate surface area is 152 Å². The molecule has 1 amide bonds. The Balaban J connectivity index is 1.61. The first kappa shape index (κ1) is 16.3. The van der Waals surface area contributed by atoms with E-state index in [9.17, 15) is 4.79 Å². The zero-order valence-electron chi connectivity index (χ0n) is 14.9. The largest absolute Gasteiger partial charge is 0.364 e. The van der Waals surface area contributed by atoms with Crippen LogP contribution in [0.5, 0.6) is 0 Å². The van der Waals surface area contributed by atoms with E-state index in [2.05, 4.69) is 37.2 Å². The van der Waals surface area contributed by atoms with Crippen molar-refractivity contribution in [1.82, 2.24) is 5.32 Å². The van der Waals surface area contributed by atoms with E-state index in [0.29, 0.717) is 0 Å². The first-order valence-corrected chi connectivity index (χ1v) is 9.62. The molecule has 1 N–H and O–H groups in total. The summed E-state index contributed by atoms with van der Waals surface area (Å²) in [4.78, 5) is 21.5. The van der Waals surface area contributed by atoms with E-state index < -0.39 is 0 Å². The molecule has 1 aromatic heterocycles. The topological polar surface area (TPSA) is 44.7 Å². The third kappa shape index (κ3) is 2.86. The van der Waals surface area contributed by atoms with Crippen LogP contribution < -0.4 is 10.2 Å². The fraction of sp³-hybridized carbons (Fsp3) is 0.400. The van der Waals surface area contributed by atoms with Gasteiger partial charge in [0, 0.05) is 12.6 Å². The molecule has 4 rings (SSSR count). The molecule has 0 radical (unpaired) electrons. The van der Waals surface area contributed by atoms with Gasteiger partial charge in [0.1, 0.15) is 0 Å². The number of likely N-dealkylation sites (N-methyl/N-ethyl adjacent to an activating group) is 1. The highest BCUT2D eigenvalue weighted by Gasteiger charge is 2.34. The monoisotopic (exact) mass is 353 g/mol. The summed E-state index contributed by atoms with van der Waals surface area (Å²) in [5, 5.41) is 3.18. The maximum Gasteiger partial charge on any atom is 0.261 e. The number of nitrogens with zero attached hydrogens (tertiary/aromatic N) is 2. The minimum absolute atomic E-state index is 0.0178. The van der Waals surface area contributed by atoms with Gasteiger partial charge in [-0.3, -0.25) is 4.79 Å². The van der Waals surface area contributed by atoms with Gasteiger partial charge < -0.3 is 10.2 Å². The lowest BCUT2D eigenvalue weighted by atomic mass is 9.78. The first-order chi connectivity index (χ1) is 12.0. The Morgan fingerprint density at radius 3 is 2.76 bits per heavy atom. The summed E-state index contributed by atoms with van der Waals surface area (Å²) in [7, 11) is 2.09.